The van der Waals surface area contributed by atoms with E-state index in [0.29, 0.717) is 12.2 Å². The number of nitrogens with one attached hydrogen (secondary N) is 1. The molecule has 0 radical (unpaired) electrons. The first-order valence-corrected chi connectivity index (χ1v) is 10.6. The molecule has 0 aliphatic carbocycles. The Bertz CT molecular complexity index is 1030. The summed E-state index contributed by atoms with van der Waals surface area (Å²) >= 11 is 0. The van der Waals surface area contributed by atoms with E-state index < -0.39 is 0 Å². The number of carbonyl (C=O) groups excluding carboxylic acids is 3. The number of benzene rings is 2. The molecule has 1 atom stereocenters. The van der Waals surface area contributed by atoms with Crippen molar-refractivity contribution in [1.82, 2.24) is 10.2 Å². The molecule has 0 unspecified atom stereocenters. The third-order valence-corrected chi connectivity index (χ3v) is 5.55. The molecule has 4 rings (SSSR count). The third kappa shape index (κ3) is 4.40. The van der Waals surface area contributed by atoms with Gasteiger partial charge >= 0.3 is 0 Å². The summed E-state index contributed by atoms with van der Waals surface area (Å²) in [6, 6.07) is 11.0. The number of ether oxygens (including phenoxy) is 2. The Kier molecular flexibility index (Phi) is 5.93. The summed E-state index contributed by atoms with van der Waals surface area (Å²) in [6.45, 7) is 4.80. The van der Waals surface area contributed by atoms with Crippen molar-refractivity contribution < 1.29 is 23.9 Å². The number of fused-ring (bicyclic) bond motifs is 2. The SMILES string of the molecule is CCOc1cc2c(cc1CNC(=O)CCN1C(=O)Cc3ccccc3C1=O)O[C@H](C)C2. The van der Waals surface area contributed by atoms with Gasteiger partial charge in [0.2, 0.25) is 11.8 Å². The van der Waals surface area contributed by atoms with Gasteiger partial charge in [-0.25, -0.2) is 0 Å². The number of amides is 3. The molecule has 7 heteroatoms. The van der Waals surface area contributed by atoms with Crippen LogP contribution in [-0.4, -0.2) is 41.9 Å². The third-order valence-electron chi connectivity index (χ3n) is 5.55. The Morgan fingerprint density at radius 1 is 1.23 bits per heavy atom. The number of imide groups is 1. The average molecular weight is 422 g/mol. The van der Waals surface area contributed by atoms with Crippen LogP contribution in [0, 0.1) is 0 Å². The molecule has 31 heavy (non-hydrogen) atoms. The zero-order valence-corrected chi connectivity index (χ0v) is 17.8. The van der Waals surface area contributed by atoms with E-state index in [1.807, 2.05) is 32.0 Å². The highest BCUT2D eigenvalue weighted by atomic mass is 16.5. The summed E-state index contributed by atoms with van der Waals surface area (Å²) in [5.74, 6) is 0.695. The quantitative estimate of drug-likeness (QED) is 0.694. The maximum Gasteiger partial charge on any atom is 0.260 e. The first-order valence-electron chi connectivity index (χ1n) is 10.6. The van der Waals surface area contributed by atoms with E-state index in [9.17, 15) is 14.4 Å². The fraction of sp³-hybridized carbons (Fsp3) is 0.375. The predicted molar refractivity (Wildman–Crippen MR) is 114 cm³/mol. The van der Waals surface area contributed by atoms with Gasteiger partial charge in [0, 0.05) is 42.6 Å². The van der Waals surface area contributed by atoms with Gasteiger partial charge in [-0.2, -0.15) is 0 Å². The minimum absolute atomic E-state index is 0.0437. The molecule has 7 nitrogen and oxygen atoms in total. The van der Waals surface area contributed by atoms with E-state index in [4.69, 9.17) is 9.47 Å². The van der Waals surface area contributed by atoms with Crippen LogP contribution >= 0.6 is 0 Å². The molecule has 2 heterocycles. The molecular weight excluding hydrogens is 396 g/mol. The normalized spacial score (nSPS) is 17.1. The van der Waals surface area contributed by atoms with Crippen molar-refractivity contribution >= 4 is 17.7 Å². The lowest BCUT2D eigenvalue weighted by atomic mass is 9.98. The molecule has 0 fully saturated rings. The van der Waals surface area contributed by atoms with Crippen LogP contribution in [0.25, 0.3) is 0 Å². The average Bonchev–Trinajstić information content (AvgIpc) is 3.11. The molecule has 162 valence electrons. The van der Waals surface area contributed by atoms with Gasteiger partial charge in [0.1, 0.15) is 17.6 Å². The number of rotatable bonds is 7. The second kappa shape index (κ2) is 8.79. The van der Waals surface area contributed by atoms with Gasteiger partial charge in [-0.3, -0.25) is 19.3 Å². The van der Waals surface area contributed by atoms with Crippen molar-refractivity contribution in [2.24, 2.45) is 0 Å². The fourth-order valence-corrected chi connectivity index (χ4v) is 4.03. The highest BCUT2D eigenvalue weighted by molar-refractivity contribution is 6.09. The molecule has 2 aromatic carbocycles. The molecule has 0 saturated carbocycles. The van der Waals surface area contributed by atoms with Crippen LogP contribution in [-0.2, 0) is 29.0 Å². The van der Waals surface area contributed by atoms with Crippen LogP contribution in [0.15, 0.2) is 36.4 Å². The molecule has 2 aromatic rings. The molecule has 1 N–H and O–H groups in total. The lowest BCUT2D eigenvalue weighted by Gasteiger charge is -2.26. The first-order chi connectivity index (χ1) is 15.0. The van der Waals surface area contributed by atoms with E-state index in [-0.39, 0.29) is 49.8 Å². The van der Waals surface area contributed by atoms with Crippen molar-refractivity contribution in [1.29, 1.82) is 0 Å². The molecule has 0 spiro atoms. The largest absolute Gasteiger partial charge is 0.494 e. The molecule has 3 amide bonds. The van der Waals surface area contributed by atoms with Gasteiger partial charge in [-0.05, 0) is 37.6 Å². The predicted octanol–water partition coefficient (Wildman–Crippen LogP) is 2.64. The lowest BCUT2D eigenvalue weighted by Crippen LogP contribution is -2.44. The Balaban J connectivity index is 1.37. The fourth-order valence-electron chi connectivity index (χ4n) is 4.03. The molecule has 0 saturated heterocycles. The Morgan fingerprint density at radius 3 is 2.84 bits per heavy atom. The minimum atomic E-state index is -0.344. The van der Waals surface area contributed by atoms with Crippen LogP contribution in [0.5, 0.6) is 11.5 Å². The van der Waals surface area contributed by atoms with Crippen molar-refractivity contribution in [3.8, 4) is 11.5 Å². The Labute approximate surface area is 181 Å². The number of nitrogens with zero attached hydrogens (tertiary/aromatic N) is 1. The standard InChI is InChI=1S/C24H26N2O5/c1-3-30-20-11-17-10-15(2)31-21(17)12-18(20)14-25-22(27)8-9-26-23(28)13-16-6-4-5-7-19(16)24(26)29/h4-7,11-12,15H,3,8-10,13-14H2,1-2H3,(H,25,27)/t15-/m1/s1. The van der Waals surface area contributed by atoms with E-state index in [1.165, 1.54) is 0 Å². The number of carbonyl (C=O) groups is 3. The van der Waals surface area contributed by atoms with E-state index >= 15 is 0 Å². The van der Waals surface area contributed by atoms with Crippen molar-refractivity contribution in [3.05, 3.63) is 58.7 Å². The van der Waals surface area contributed by atoms with Crippen LogP contribution in [0.1, 0.15) is 47.3 Å². The lowest BCUT2D eigenvalue weighted by molar-refractivity contribution is -0.129. The topological polar surface area (TPSA) is 84.9 Å². The van der Waals surface area contributed by atoms with E-state index in [1.54, 1.807) is 18.2 Å². The summed E-state index contributed by atoms with van der Waals surface area (Å²) in [6.07, 6.45) is 1.18. The summed E-state index contributed by atoms with van der Waals surface area (Å²) in [7, 11) is 0. The van der Waals surface area contributed by atoms with Crippen LogP contribution in [0.4, 0.5) is 0 Å². The highest BCUT2D eigenvalue weighted by Crippen LogP contribution is 2.35. The molecule has 2 aliphatic rings. The van der Waals surface area contributed by atoms with Gasteiger partial charge in [-0.1, -0.05) is 18.2 Å². The maximum atomic E-state index is 12.6. The summed E-state index contributed by atoms with van der Waals surface area (Å²) in [5.41, 5.74) is 3.20. The smallest absolute Gasteiger partial charge is 0.260 e. The van der Waals surface area contributed by atoms with E-state index in [2.05, 4.69) is 5.32 Å². The second-order valence-corrected chi connectivity index (χ2v) is 7.84. The first kappa shape index (κ1) is 20.9. The second-order valence-electron chi connectivity index (χ2n) is 7.84. The summed E-state index contributed by atoms with van der Waals surface area (Å²) in [5, 5.41) is 2.86. The number of hydrogen-bond acceptors (Lipinski definition) is 5. The van der Waals surface area contributed by atoms with Crippen molar-refractivity contribution in [2.45, 2.75) is 45.8 Å². The van der Waals surface area contributed by atoms with Crippen molar-refractivity contribution in [2.75, 3.05) is 13.2 Å². The van der Waals surface area contributed by atoms with E-state index in [0.717, 1.165) is 39.5 Å². The number of hydrogen-bond donors (Lipinski definition) is 1. The van der Waals surface area contributed by atoms with Gasteiger partial charge < -0.3 is 14.8 Å². The van der Waals surface area contributed by atoms with Gasteiger partial charge in [0.05, 0.1) is 13.0 Å². The minimum Gasteiger partial charge on any atom is -0.494 e. The summed E-state index contributed by atoms with van der Waals surface area (Å²) in [4.78, 5) is 38.6. The summed E-state index contributed by atoms with van der Waals surface area (Å²) < 4.78 is 11.6. The van der Waals surface area contributed by atoms with Crippen LogP contribution in [0.2, 0.25) is 0 Å². The van der Waals surface area contributed by atoms with Crippen molar-refractivity contribution in [3.63, 3.8) is 0 Å². The molecule has 2 aliphatic heterocycles. The monoisotopic (exact) mass is 422 g/mol. The van der Waals surface area contributed by atoms with Crippen LogP contribution in [0.3, 0.4) is 0 Å². The van der Waals surface area contributed by atoms with Gasteiger partial charge in [-0.15, -0.1) is 0 Å². The van der Waals surface area contributed by atoms with Gasteiger partial charge in [0.15, 0.2) is 0 Å². The molecule has 0 aromatic heterocycles. The van der Waals surface area contributed by atoms with Gasteiger partial charge in [0.25, 0.3) is 5.91 Å². The maximum absolute atomic E-state index is 12.6. The molecule has 0 bridgehead atoms. The zero-order chi connectivity index (χ0) is 22.0. The van der Waals surface area contributed by atoms with Crippen LogP contribution < -0.4 is 14.8 Å². The zero-order valence-electron chi connectivity index (χ0n) is 17.8. The Morgan fingerprint density at radius 2 is 2.03 bits per heavy atom. The highest BCUT2D eigenvalue weighted by Gasteiger charge is 2.30. The molecular formula is C24H26N2O5. The Hall–Kier alpha value is -3.35.